The molecule has 0 saturated carbocycles. The molecule has 2 aliphatic heterocycles. The highest BCUT2D eigenvalue weighted by Crippen LogP contribution is 2.39. The first-order chi connectivity index (χ1) is 17.1. The van der Waals surface area contributed by atoms with E-state index in [0.29, 0.717) is 29.7 Å². The van der Waals surface area contributed by atoms with Crippen LogP contribution in [0.15, 0.2) is 60.9 Å². The summed E-state index contributed by atoms with van der Waals surface area (Å²) in [6.07, 6.45) is 1.79. The summed E-state index contributed by atoms with van der Waals surface area (Å²) in [5.74, 6) is -0.913. The second-order valence-corrected chi connectivity index (χ2v) is 8.96. The van der Waals surface area contributed by atoms with Gasteiger partial charge in [-0.25, -0.2) is 4.39 Å². The average molecular weight is 474 g/mol. The quantitative estimate of drug-likeness (QED) is 0.416. The van der Waals surface area contributed by atoms with Gasteiger partial charge in [-0.2, -0.15) is 0 Å². The number of amides is 2. The Morgan fingerprint density at radius 2 is 1.49 bits per heavy atom. The molecule has 2 aromatic heterocycles. The average Bonchev–Trinajstić information content (AvgIpc) is 3.49. The van der Waals surface area contributed by atoms with Gasteiger partial charge >= 0.3 is 0 Å². The van der Waals surface area contributed by atoms with Crippen molar-refractivity contribution in [3.8, 4) is 0 Å². The summed E-state index contributed by atoms with van der Waals surface area (Å²) in [5.41, 5.74) is 3.52. The van der Waals surface area contributed by atoms with Crippen LogP contribution in [0, 0.1) is 0 Å². The Balaban J connectivity index is 1.65. The third-order valence-electron chi connectivity index (χ3n) is 6.88. The van der Waals surface area contributed by atoms with E-state index >= 15 is 4.39 Å². The summed E-state index contributed by atoms with van der Waals surface area (Å²) in [7, 11) is 0. The number of hydrogen-bond donors (Lipinski definition) is 2. The number of benzene rings is 2. The van der Waals surface area contributed by atoms with Gasteiger partial charge < -0.3 is 19.0 Å². The molecule has 0 aliphatic carbocycles. The molecule has 8 heteroatoms. The summed E-state index contributed by atoms with van der Waals surface area (Å²) in [4.78, 5) is 26.3. The van der Waals surface area contributed by atoms with Gasteiger partial charge in [-0.3, -0.25) is 14.9 Å². The van der Waals surface area contributed by atoms with E-state index in [4.69, 9.17) is 4.74 Å². The Morgan fingerprint density at radius 1 is 0.914 bits per heavy atom. The molecule has 7 nitrogen and oxygen atoms in total. The van der Waals surface area contributed by atoms with Gasteiger partial charge in [-0.05, 0) is 18.6 Å². The van der Waals surface area contributed by atoms with Gasteiger partial charge in [0.05, 0.1) is 24.3 Å². The van der Waals surface area contributed by atoms with Crippen molar-refractivity contribution < 1.29 is 23.8 Å². The predicted molar refractivity (Wildman–Crippen MR) is 130 cm³/mol. The highest BCUT2D eigenvalue weighted by atomic mass is 19.1. The van der Waals surface area contributed by atoms with E-state index in [0.717, 1.165) is 21.8 Å². The van der Waals surface area contributed by atoms with Crippen LogP contribution in [-0.2, 0) is 27.4 Å². The standard InChI is InChI=1S/C27H24FN3O4/c28-20-14-31-13-19(17-7-2-4-9-22(17)31)25-24(26(33)29-27(25)34)18-12-30(10-5-11-35-23(20)15-32)21-8-3-1-6-16(18)21/h1-4,6-9,12-13,20,23,32H,5,10-11,14-15H2,(H,29,33,34)/t20-,23+/m0/s1. The van der Waals surface area contributed by atoms with E-state index in [1.807, 2.05) is 59.3 Å². The monoisotopic (exact) mass is 473 g/mol. The molecule has 0 fully saturated rings. The maximum absolute atomic E-state index is 15.3. The number of carbonyl (C=O) groups excluding carboxylic acids is 2. The smallest absolute Gasteiger partial charge is 0.259 e. The zero-order valence-corrected chi connectivity index (χ0v) is 18.9. The number of alkyl halides is 1. The minimum Gasteiger partial charge on any atom is -0.394 e. The summed E-state index contributed by atoms with van der Waals surface area (Å²) in [5, 5.41) is 13.9. The predicted octanol–water partition coefficient (Wildman–Crippen LogP) is 3.28. The van der Waals surface area contributed by atoms with Crippen molar-refractivity contribution in [3.05, 3.63) is 72.1 Å². The minimum absolute atomic E-state index is 0.0540. The van der Waals surface area contributed by atoms with Crippen LogP contribution >= 0.6 is 0 Å². The molecular weight excluding hydrogens is 449 g/mol. The zero-order valence-electron chi connectivity index (χ0n) is 18.9. The fourth-order valence-electron chi connectivity index (χ4n) is 5.24. The molecule has 0 spiro atoms. The number of aromatic nitrogens is 2. The number of aliphatic hydroxyl groups is 1. The van der Waals surface area contributed by atoms with Gasteiger partial charge in [0, 0.05) is 58.5 Å². The highest BCUT2D eigenvalue weighted by Gasteiger charge is 2.36. The largest absolute Gasteiger partial charge is 0.394 e. The number of hydrogen-bond acceptors (Lipinski definition) is 4. The lowest BCUT2D eigenvalue weighted by atomic mass is 9.95. The SMILES string of the molecule is O=C1NC(=O)C2=C1c1cn(c3ccccc13)CCCO[C@H](CO)[C@@H](F)Cn1cc2c2ccccc21. The lowest BCUT2D eigenvalue weighted by molar-refractivity contribution is -0.122. The normalized spacial score (nSPS) is 21.2. The van der Waals surface area contributed by atoms with Crippen molar-refractivity contribution in [1.29, 1.82) is 0 Å². The van der Waals surface area contributed by atoms with Crippen molar-refractivity contribution >= 4 is 44.8 Å². The first-order valence-electron chi connectivity index (χ1n) is 11.7. The number of aliphatic hydroxyl groups excluding tert-OH is 1. The number of para-hydroxylation sites is 2. The van der Waals surface area contributed by atoms with E-state index < -0.39 is 30.7 Å². The molecule has 6 rings (SSSR count). The van der Waals surface area contributed by atoms with Crippen molar-refractivity contribution in [1.82, 2.24) is 14.5 Å². The first-order valence-corrected chi connectivity index (χ1v) is 11.7. The Morgan fingerprint density at radius 3 is 2.11 bits per heavy atom. The third kappa shape index (κ3) is 3.48. The molecule has 0 unspecified atom stereocenters. The van der Waals surface area contributed by atoms with Gasteiger partial charge in [-0.1, -0.05) is 36.4 Å². The number of fused-ring (bicyclic) bond motifs is 12. The van der Waals surface area contributed by atoms with Gasteiger partial charge in [-0.15, -0.1) is 0 Å². The molecule has 2 aromatic carbocycles. The van der Waals surface area contributed by atoms with Crippen LogP contribution in [0.1, 0.15) is 17.5 Å². The number of rotatable bonds is 1. The van der Waals surface area contributed by atoms with Crippen molar-refractivity contribution in [2.24, 2.45) is 0 Å². The molecule has 178 valence electrons. The molecule has 2 aliphatic rings. The summed E-state index contributed by atoms with van der Waals surface area (Å²) >= 11 is 0. The maximum atomic E-state index is 15.3. The summed E-state index contributed by atoms with van der Waals surface area (Å²) in [6.45, 7) is 0.362. The number of carbonyl (C=O) groups is 2. The number of halogens is 1. The second kappa shape index (κ2) is 8.48. The fraction of sp³-hybridized carbons (Fsp3) is 0.259. The lowest BCUT2D eigenvalue weighted by Gasteiger charge is -2.21. The van der Waals surface area contributed by atoms with Gasteiger partial charge in [0.25, 0.3) is 11.8 Å². The number of ether oxygens (including phenoxy) is 1. The zero-order chi connectivity index (χ0) is 24.1. The Labute approximate surface area is 200 Å². The third-order valence-corrected chi connectivity index (χ3v) is 6.88. The van der Waals surface area contributed by atoms with Crippen molar-refractivity contribution in [2.45, 2.75) is 31.8 Å². The van der Waals surface area contributed by atoms with E-state index in [1.54, 1.807) is 10.8 Å². The van der Waals surface area contributed by atoms with Crippen LogP contribution in [0.4, 0.5) is 4.39 Å². The molecule has 4 aromatic rings. The number of imide groups is 1. The van der Waals surface area contributed by atoms with Gasteiger partial charge in [0.2, 0.25) is 0 Å². The highest BCUT2D eigenvalue weighted by molar-refractivity contribution is 6.50. The fourth-order valence-corrected chi connectivity index (χ4v) is 5.24. The molecule has 4 bridgehead atoms. The van der Waals surface area contributed by atoms with Crippen LogP contribution in [-0.4, -0.2) is 51.5 Å². The Hall–Kier alpha value is -3.75. The molecule has 4 heterocycles. The Bertz CT molecular complexity index is 1520. The van der Waals surface area contributed by atoms with Crippen LogP contribution in [0.25, 0.3) is 33.0 Å². The molecule has 2 atom stereocenters. The summed E-state index contributed by atoms with van der Waals surface area (Å²) in [6, 6.07) is 15.2. The summed E-state index contributed by atoms with van der Waals surface area (Å²) < 4.78 is 24.8. The number of nitrogens with zero attached hydrogens (tertiary/aromatic N) is 2. The second-order valence-electron chi connectivity index (χ2n) is 8.96. The molecule has 2 amide bonds. The van der Waals surface area contributed by atoms with E-state index in [2.05, 4.69) is 5.32 Å². The molecule has 0 radical (unpaired) electrons. The van der Waals surface area contributed by atoms with Crippen LogP contribution < -0.4 is 5.32 Å². The van der Waals surface area contributed by atoms with E-state index in [9.17, 15) is 14.7 Å². The van der Waals surface area contributed by atoms with Crippen LogP contribution in [0.2, 0.25) is 0 Å². The van der Waals surface area contributed by atoms with Gasteiger partial charge in [0.15, 0.2) is 0 Å². The van der Waals surface area contributed by atoms with Gasteiger partial charge in [0.1, 0.15) is 12.3 Å². The lowest BCUT2D eigenvalue weighted by Crippen LogP contribution is -2.33. The maximum Gasteiger partial charge on any atom is 0.259 e. The van der Waals surface area contributed by atoms with E-state index in [1.165, 1.54) is 0 Å². The molecule has 2 N–H and O–H groups in total. The van der Waals surface area contributed by atoms with Crippen LogP contribution in [0.3, 0.4) is 0 Å². The molecular formula is C27H24FN3O4. The molecule has 0 saturated heterocycles. The van der Waals surface area contributed by atoms with E-state index in [-0.39, 0.29) is 18.7 Å². The topological polar surface area (TPSA) is 85.5 Å². The molecule has 35 heavy (non-hydrogen) atoms. The van der Waals surface area contributed by atoms with Crippen molar-refractivity contribution in [2.75, 3.05) is 13.2 Å². The Kier molecular flexibility index (Phi) is 5.27. The van der Waals surface area contributed by atoms with Crippen molar-refractivity contribution in [3.63, 3.8) is 0 Å². The minimum atomic E-state index is -1.46. The van der Waals surface area contributed by atoms with Crippen LogP contribution in [0.5, 0.6) is 0 Å². The number of nitrogens with one attached hydrogen (secondary N) is 1. The first kappa shape index (κ1) is 21.8. The number of aryl methyl sites for hydroxylation is 1.